The SMILES string of the molecule is CCCCC(O)Cc1ccc(I)cc1. The fourth-order valence-electron chi connectivity index (χ4n) is 1.43. The van der Waals surface area contributed by atoms with Crippen molar-refractivity contribution in [2.24, 2.45) is 0 Å². The molecule has 0 heterocycles. The molecule has 0 bridgehead atoms. The van der Waals surface area contributed by atoms with Gasteiger partial charge in [0.25, 0.3) is 0 Å². The van der Waals surface area contributed by atoms with Gasteiger partial charge in [0.05, 0.1) is 6.10 Å². The normalized spacial score (nSPS) is 12.8. The summed E-state index contributed by atoms with van der Waals surface area (Å²) < 4.78 is 1.24. The number of hydrogen-bond acceptors (Lipinski definition) is 1. The Kier molecular flexibility index (Phi) is 5.48. The maximum Gasteiger partial charge on any atom is 0.0580 e. The van der Waals surface area contributed by atoms with Gasteiger partial charge in [0, 0.05) is 3.57 Å². The summed E-state index contributed by atoms with van der Waals surface area (Å²) in [6.07, 6.45) is 3.81. The van der Waals surface area contributed by atoms with Gasteiger partial charge in [-0.05, 0) is 53.1 Å². The lowest BCUT2D eigenvalue weighted by atomic mass is 10.0. The Hall–Kier alpha value is -0.0900. The number of halogens is 1. The zero-order valence-corrected chi connectivity index (χ0v) is 10.7. The van der Waals surface area contributed by atoms with Crippen LogP contribution in [0.5, 0.6) is 0 Å². The molecule has 0 spiro atoms. The molecule has 78 valence electrons. The fourth-order valence-corrected chi connectivity index (χ4v) is 1.79. The van der Waals surface area contributed by atoms with Crippen LogP contribution in [0.2, 0.25) is 0 Å². The zero-order chi connectivity index (χ0) is 10.4. The number of unbranched alkanes of at least 4 members (excludes halogenated alkanes) is 1. The molecule has 1 atom stereocenters. The number of aliphatic hydroxyl groups excluding tert-OH is 1. The van der Waals surface area contributed by atoms with Crippen molar-refractivity contribution >= 4 is 22.6 Å². The van der Waals surface area contributed by atoms with Crippen LogP contribution < -0.4 is 0 Å². The Bertz CT molecular complexity index is 256. The molecule has 1 N–H and O–H groups in total. The molecule has 0 aliphatic heterocycles. The van der Waals surface area contributed by atoms with Crippen molar-refractivity contribution in [2.45, 2.75) is 38.7 Å². The van der Waals surface area contributed by atoms with Crippen molar-refractivity contribution in [3.05, 3.63) is 33.4 Å². The smallest absolute Gasteiger partial charge is 0.0580 e. The third-order valence-corrected chi connectivity index (χ3v) is 2.99. The standard InChI is InChI=1S/C12H17IO/c1-2-3-4-12(14)9-10-5-7-11(13)8-6-10/h5-8,12,14H,2-4,9H2,1H3. The third-order valence-electron chi connectivity index (χ3n) is 2.28. The Morgan fingerprint density at radius 1 is 1.29 bits per heavy atom. The molecule has 0 aliphatic carbocycles. The first kappa shape index (κ1) is 12.0. The van der Waals surface area contributed by atoms with Gasteiger partial charge in [-0.25, -0.2) is 0 Å². The van der Waals surface area contributed by atoms with Crippen molar-refractivity contribution in [1.82, 2.24) is 0 Å². The van der Waals surface area contributed by atoms with Gasteiger partial charge in [-0.2, -0.15) is 0 Å². The van der Waals surface area contributed by atoms with Crippen molar-refractivity contribution < 1.29 is 5.11 Å². The highest BCUT2D eigenvalue weighted by Crippen LogP contribution is 2.11. The average molecular weight is 304 g/mol. The number of rotatable bonds is 5. The fraction of sp³-hybridized carbons (Fsp3) is 0.500. The molecule has 1 aromatic rings. The average Bonchev–Trinajstić information content (AvgIpc) is 2.18. The van der Waals surface area contributed by atoms with E-state index in [4.69, 9.17) is 0 Å². The molecule has 0 aromatic heterocycles. The van der Waals surface area contributed by atoms with E-state index < -0.39 is 0 Å². The van der Waals surface area contributed by atoms with E-state index in [0.717, 1.165) is 25.7 Å². The quantitative estimate of drug-likeness (QED) is 0.827. The lowest BCUT2D eigenvalue weighted by molar-refractivity contribution is 0.162. The molecular weight excluding hydrogens is 287 g/mol. The van der Waals surface area contributed by atoms with Crippen molar-refractivity contribution in [2.75, 3.05) is 0 Å². The van der Waals surface area contributed by atoms with Crippen molar-refractivity contribution in [3.63, 3.8) is 0 Å². The van der Waals surface area contributed by atoms with Crippen LogP contribution in [0.25, 0.3) is 0 Å². The van der Waals surface area contributed by atoms with Gasteiger partial charge in [0.2, 0.25) is 0 Å². The van der Waals surface area contributed by atoms with E-state index in [1.165, 1.54) is 9.13 Å². The molecule has 0 amide bonds. The topological polar surface area (TPSA) is 20.2 Å². The van der Waals surface area contributed by atoms with Gasteiger partial charge in [-0.1, -0.05) is 31.9 Å². The van der Waals surface area contributed by atoms with Crippen LogP contribution in [0.4, 0.5) is 0 Å². The zero-order valence-electron chi connectivity index (χ0n) is 8.54. The maximum absolute atomic E-state index is 9.70. The molecule has 2 heteroatoms. The minimum Gasteiger partial charge on any atom is -0.393 e. The summed E-state index contributed by atoms with van der Waals surface area (Å²) in [5, 5.41) is 9.70. The second kappa shape index (κ2) is 6.40. The van der Waals surface area contributed by atoms with Crippen LogP contribution >= 0.6 is 22.6 Å². The molecule has 1 aromatic carbocycles. The van der Waals surface area contributed by atoms with E-state index in [0.29, 0.717) is 0 Å². The molecular formula is C12H17IO. The summed E-state index contributed by atoms with van der Waals surface area (Å²) >= 11 is 2.29. The lowest BCUT2D eigenvalue weighted by Gasteiger charge is -2.09. The van der Waals surface area contributed by atoms with Crippen LogP contribution in [-0.4, -0.2) is 11.2 Å². The minimum atomic E-state index is -0.171. The maximum atomic E-state index is 9.70. The van der Waals surface area contributed by atoms with Crippen LogP contribution in [0.1, 0.15) is 31.7 Å². The molecule has 0 fully saturated rings. The summed E-state index contributed by atoms with van der Waals surface area (Å²) in [5.41, 5.74) is 1.23. The van der Waals surface area contributed by atoms with Gasteiger partial charge in [-0.15, -0.1) is 0 Å². The molecule has 1 rings (SSSR count). The van der Waals surface area contributed by atoms with Gasteiger partial charge < -0.3 is 5.11 Å². The number of aliphatic hydroxyl groups is 1. The molecule has 0 aliphatic rings. The second-order valence-corrected chi connectivity index (χ2v) is 4.87. The number of benzene rings is 1. The van der Waals surface area contributed by atoms with Gasteiger partial charge in [0.1, 0.15) is 0 Å². The van der Waals surface area contributed by atoms with E-state index in [2.05, 4.69) is 53.8 Å². The van der Waals surface area contributed by atoms with Crippen LogP contribution in [0.3, 0.4) is 0 Å². The first-order chi connectivity index (χ1) is 6.72. The monoisotopic (exact) mass is 304 g/mol. The Labute approximate surface area is 99.7 Å². The minimum absolute atomic E-state index is 0.171. The van der Waals surface area contributed by atoms with Crippen LogP contribution in [-0.2, 0) is 6.42 Å². The molecule has 0 radical (unpaired) electrons. The molecule has 0 saturated carbocycles. The molecule has 14 heavy (non-hydrogen) atoms. The number of hydrogen-bond donors (Lipinski definition) is 1. The molecule has 0 saturated heterocycles. The van der Waals surface area contributed by atoms with E-state index >= 15 is 0 Å². The molecule has 1 nitrogen and oxygen atoms in total. The first-order valence-corrected chi connectivity index (χ1v) is 6.22. The highest BCUT2D eigenvalue weighted by Gasteiger charge is 2.04. The van der Waals surface area contributed by atoms with Crippen molar-refractivity contribution in [3.8, 4) is 0 Å². The lowest BCUT2D eigenvalue weighted by Crippen LogP contribution is -2.09. The van der Waals surface area contributed by atoms with E-state index in [9.17, 15) is 5.11 Å². The highest BCUT2D eigenvalue weighted by molar-refractivity contribution is 14.1. The van der Waals surface area contributed by atoms with E-state index in [1.807, 2.05) is 0 Å². The van der Waals surface area contributed by atoms with Crippen molar-refractivity contribution in [1.29, 1.82) is 0 Å². The van der Waals surface area contributed by atoms with E-state index in [1.54, 1.807) is 0 Å². The highest BCUT2D eigenvalue weighted by atomic mass is 127. The van der Waals surface area contributed by atoms with Gasteiger partial charge >= 0.3 is 0 Å². The second-order valence-electron chi connectivity index (χ2n) is 3.63. The predicted octanol–water partition coefficient (Wildman–Crippen LogP) is 3.38. The first-order valence-electron chi connectivity index (χ1n) is 5.15. The summed E-state index contributed by atoms with van der Waals surface area (Å²) in [4.78, 5) is 0. The Morgan fingerprint density at radius 2 is 1.93 bits per heavy atom. The Balaban J connectivity index is 2.39. The van der Waals surface area contributed by atoms with Gasteiger partial charge in [-0.3, -0.25) is 0 Å². The van der Waals surface area contributed by atoms with Crippen LogP contribution in [0.15, 0.2) is 24.3 Å². The summed E-state index contributed by atoms with van der Waals surface area (Å²) in [5.74, 6) is 0. The largest absolute Gasteiger partial charge is 0.393 e. The predicted molar refractivity (Wildman–Crippen MR) is 68.4 cm³/mol. The summed E-state index contributed by atoms with van der Waals surface area (Å²) in [7, 11) is 0. The van der Waals surface area contributed by atoms with Gasteiger partial charge in [0.15, 0.2) is 0 Å². The summed E-state index contributed by atoms with van der Waals surface area (Å²) in [6, 6.07) is 8.36. The van der Waals surface area contributed by atoms with E-state index in [-0.39, 0.29) is 6.10 Å². The third kappa shape index (κ3) is 4.42. The molecule has 1 unspecified atom stereocenters. The summed E-state index contributed by atoms with van der Waals surface area (Å²) in [6.45, 7) is 2.15. The Morgan fingerprint density at radius 3 is 2.50 bits per heavy atom. The van der Waals surface area contributed by atoms with Crippen LogP contribution in [0, 0.1) is 3.57 Å².